The number of hydrogen-bond acceptors (Lipinski definition) is 4. The van der Waals surface area contributed by atoms with Gasteiger partial charge in [0.1, 0.15) is 12.1 Å². The van der Waals surface area contributed by atoms with Crippen LogP contribution in [0.25, 0.3) is 10.9 Å². The van der Waals surface area contributed by atoms with Crippen molar-refractivity contribution in [3.8, 4) is 5.75 Å². The Balaban J connectivity index is 1.99. The second-order valence-electron chi connectivity index (χ2n) is 4.85. The second-order valence-corrected chi connectivity index (χ2v) is 4.85. The summed E-state index contributed by atoms with van der Waals surface area (Å²) in [6.45, 7) is 0. The van der Waals surface area contributed by atoms with Gasteiger partial charge in [-0.1, -0.05) is 12.2 Å². The fraction of sp³-hybridized carbons (Fsp3) is 0.333. The van der Waals surface area contributed by atoms with Crippen molar-refractivity contribution in [2.75, 3.05) is 12.4 Å². The van der Waals surface area contributed by atoms with Crippen LogP contribution in [0.15, 0.2) is 30.6 Å². The van der Waals surface area contributed by atoms with E-state index in [0.29, 0.717) is 11.6 Å². The topological polar surface area (TPSA) is 47.0 Å². The lowest BCUT2D eigenvalue weighted by molar-refractivity contribution is 0.387. The first-order valence-electron chi connectivity index (χ1n) is 6.67. The highest BCUT2D eigenvalue weighted by Gasteiger charge is 2.14. The summed E-state index contributed by atoms with van der Waals surface area (Å²) >= 11 is 0. The number of nitrogens with one attached hydrogen (secondary N) is 1. The normalized spacial score (nSPS) is 18.2. The number of aromatic nitrogens is 2. The average Bonchev–Trinajstić information content (AvgIpc) is 2.48. The lowest BCUT2D eigenvalue weighted by atomic mass is 10.0. The zero-order valence-corrected chi connectivity index (χ0v) is 11.3. The summed E-state index contributed by atoms with van der Waals surface area (Å²) in [4.78, 5) is 8.39. The Morgan fingerprint density at radius 2 is 2.20 bits per heavy atom. The number of anilines is 1. The van der Waals surface area contributed by atoms with Gasteiger partial charge in [-0.05, 0) is 25.3 Å². The number of ether oxygens (including phenoxy) is 1. The number of hydrogen-bond donors (Lipinski definition) is 1. The van der Waals surface area contributed by atoms with Crippen molar-refractivity contribution in [1.82, 2.24) is 9.97 Å². The van der Waals surface area contributed by atoms with Gasteiger partial charge in [0.25, 0.3) is 0 Å². The van der Waals surface area contributed by atoms with Gasteiger partial charge in [-0.3, -0.25) is 0 Å². The molecule has 1 unspecified atom stereocenters. The molecular formula is C15H16FN3O. The van der Waals surface area contributed by atoms with Gasteiger partial charge in [-0.2, -0.15) is 0 Å². The Morgan fingerprint density at radius 3 is 2.95 bits per heavy atom. The fourth-order valence-electron chi connectivity index (χ4n) is 2.45. The summed E-state index contributed by atoms with van der Waals surface area (Å²) in [5.74, 6) is 0.526. The van der Waals surface area contributed by atoms with E-state index in [2.05, 4.69) is 27.4 Å². The third kappa shape index (κ3) is 2.43. The van der Waals surface area contributed by atoms with Crippen LogP contribution in [-0.4, -0.2) is 23.1 Å². The molecule has 20 heavy (non-hydrogen) atoms. The van der Waals surface area contributed by atoms with E-state index < -0.39 is 5.82 Å². The maximum absolute atomic E-state index is 13.7. The molecule has 5 heteroatoms. The second kappa shape index (κ2) is 5.45. The molecule has 0 radical (unpaired) electrons. The Labute approximate surface area is 116 Å². The molecule has 1 aliphatic rings. The number of allylic oxidation sites excluding steroid dienone is 1. The average molecular weight is 273 g/mol. The summed E-state index contributed by atoms with van der Waals surface area (Å²) in [7, 11) is 1.45. The maximum atomic E-state index is 13.7. The third-order valence-corrected chi connectivity index (χ3v) is 3.52. The molecule has 0 saturated carbocycles. The van der Waals surface area contributed by atoms with Crippen LogP contribution in [0, 0.1) is 5.82 Å². The molecule has 0 aliphatic heterocycles. The molecule has 3 rings (SSSR count). The van der Waals surface area contributed by atoms with Crippen molar-refractivity contribution < 1.29 is 9.13 Å². The van der Waals surface area contributed by atoms with E-state index in [1.54, 1.807) is 6.07 Å². The molecule has 4 nitrogen and oxygen atoms in total. The van der Waals surface area contributed by atoms with Crippen molar-refractivity contribution in [1.29, 1.82) is 0 Å². The van der Waals surface area contributed by atoms with Gasteiger partial charge < -0.3 is 10.1 Å². The summed E-state index contributed by atoms with van der Waals surface area (Å²) in [5, 5.41) is 4.19. The summed E-state index contributed by atoms with van der Waals surface area (Å²) < 4.78 is 18.7. The highest BCUT2D eigenvalue weighted by molar-refractivity contribution is 5.90. The van der Waals surface area contributed by atoms with Crippen LogP contribution in [0.4, 0.5) is 10.2 Å². The molecule has 0 bridgehead atoms. The molecule has 1 N–H and O–H groups in total. The number of benzene rings is 1. The van der Waals surface area contributed by atoms with Crippen molar-refractivity contribution >= 4 is 16.7 Å². The van der Waals surface area contributed by atoms with E-state index in [9.17, 15) is 4.39 Å². The number of methoxy groups -OCH3 is 1. The van der Waals surface area contributed by atoms with Crippen LogP contribution >= 0.6 is 0 Å². The molecule has 0 saturated heterocycles. The zero-order valence-electron chi connectivity index (χ0n) is 11.3. The molecule has 2 aromatic rings. The van der Waals surface area contributed by atoms with Gasteiger partial charge in [-0.25, -0.2) is 14.4 Å². The number of rotatable bonds is 3. The Kier molecular flexibility index (Phi) is 3.50. The number of nitrogens with zero attached hydrogens (tertiary/aromatic N) is 2. The van der Waals surface area contributed by atoms with Gasteiger partial charge in [0, 0.05) is 17.5 Å². The van der Waals surface area contributed by atoms with Crippen LogP contribution < -0.4 is 10.1 Å². The lowest BCUT2D eigenvalue weighted by Gasteiger charge is -2.20. The minimum absolute atomic E-state index is 0.207. The maximum Gasteiger partial charge on any atom is 0.167 e. The highest BCUT2D eigenvalue weighted by atomic mass is 19.1. The first kappa shape index (κ1) is 12.8. The van der Waals surface area contributed by atoms with Crippen LogP contribution in [0.5, 0.6) is 5.75 Å². The molecular weight excluding hydrogens is 257 g/mol. The minimum Gasteiger partial charge on any atom is -0.494 e. The molecule has 1 aromatic carbocycles. The molecule has 1 aliphatic carbocycles. The minimum atomic E-state index is -0.412. The number of halogens is 1. The highest BCUT2D eigenvalue weighted by Crippen LogP contribution is 2.28. The molecule has 1 aromatic heterocycles. The smallest absolute Gasteiger partial charge is 0.167 e. The van der Waals surface area contributed by atoms with Gasteiger partial charge in [0.2, 0.25) is 0 Å². The summed E-state index contributed by atoms with van der Waals surface area (Å²) in [5.41, 5.74) is 0.576. The summed E-state index contributed by atoms with van der Waals surface area (Å²) in [6.07, 6.45) is 8.93. The van der Waals surface area contributed by atoms with Gasteiger partial charge in [0.05, 0.1) is 12.6 Å². The van der Waals surface area contributed by atoms with E-state index in [4.69, 9.17) is 4.74 Å². The van der Waals surface area contributed by atoms with Gasteiger partial charge in [-0.15, -0.1) is 0 Å². The molecule has 0 spiro atoms. The molecule has 1 heterocycles. The molecule has 0 fully saturated rings. The third-order valence-electron chi connectivity index (χ3n) is 3.52. The fourth-order valence-corrected chi connectivity index (χ4v) is 2.45. The first-order chi connectivity index (χ1) is 9.78. The van der Waals surface area contributed by atoms with E-state index in [0.717, 1.165) is 30.5 Å². The SMILES string of the molecule is COc1cc2c(NC3CC=CCC3)ncnc2cc1F. The summed E-state index contributed by atoms with van der Waals surface area (Å²) in [6, 6.07) is 3.38. The number of fused-ring (bicyclic) bond motifs is 1. The van der Waals surface area contributed by atoms with E-state index in [1.807, 2.05) is 0 Å². The zero-order chi connectivity index (χ0) is 13.9. The lowest BCUT2D eigenvalue weighted by Crippen LogP contribution is -2.21. The predicted octanol–water partition coefficient (Wildman–Crippen LogP) is 3.30. The molecule has 0 amide bonds. The first-order valence-corrected chi connectivity index (χ1v) is 6.67. The van der Waals surface area contributed by atoms with E-state index >= 15 is 0 Å². The quantitative estimate of drug-likeness (QED) is 0.872. The van der Waals surface area contributed by atoms with Gasteiger partial charge in [0.15, 0.2) is 11.6 Å². The Hall–Kier alpha value is -2.17. The van der Waals surface area contributed by atoms with E-state index in [-0.39, 0.29) is 5.75 Å². The molecule has 1 atom stereocenters. The predicted molar refractivity (Wildman–Crippen MR) is 76.4 cm³/mol. The van der Waals surface area contributed by atoms with Crippen LogP contribution in [0.1, 0.15) is 19.3 Å². The van der Waals surface area contributed by atoms with Crippen LogP contribution in [0.3, 0.4) is 0 Å². The Morgan fingerprint density at radius 1 is 1.30 bits per heavy atom. The van der Waals surface area contributed by atoms with Crippen molar-refractivity contribution in [2.24, 2.45) is 0 Å². The standard InChI is InChI=1S/C15H16FN3O/c1-20-14-7-11-13(8-12(14)16)17-9-18-15(11)19-10-5-3-2-4-6-10/h2-3,7-10H,4-6H2,1H3,(H,17,18,19). The van der Waals surface area contributed by atoms with E-state index in [1.165, 1.54) is 19.5 Å². The molecule has 104 valence electrons. The largest absolute Gasteiger partial charge is 0.494 e. The van der Waals surface area contributed by atoms with Gasteiger partial charge >= 0.3 is 0 Å². The Bertz CT molecular complexity index is 657. The monoisotopic (exact) mass is 273 g/mol. The van der Waals surface area contributed by atoms with Crippen molar-refractivity contribution in [2.45, 2.75) is 25.3 Å². The van der Waals surface area contributed by atoms with Crippen molar-refractivity contribution in [3.05, 3.63) is 36.4 Å². The van der Waals surface area contributed by atoms with Crippen LogP contribution in [0.2, 0.25) is 0 Å². The van der Waals surface area contributed by atoms with Crippen LogP contribution in [-0.2, 0) is 0 Å². The van der Waals surface area contributed by atoms with Crippen molar-refractivity contribution in [3.63, 3.8) is 0 Å².